The van der Waals surface area contributed by atoms with Gasteiger partial charge in [0.25, 0.3) is 5.91 Å². The van der Waals surface area contributed by atoms with E-state index in [1.165, 1.54) is 11.1 Å². The predicted molar refractivity (Wildman–Crippen MR) is 86.9 cm³/mol. The number of aliphatic carboxylic acids is 1. The molecule has 2 atom stereocenters. The van der Waals surface area contributed by atoms with Crippen LogP contribution in [0.25, 0.3) is 0 Å². The summed E-state index contributed by atoms with van der Waals surface area (Å²) in [5.41, 5.74) is 3.13. The summed E-state index contributed by atoms with van der Waals surface area (Å²) in [6.45, 7) is -0.390. The number of carbonyl (C=O) groups excluding carboxylic acids is 1. The third-order valence-electron chi connectivity index (χ3n) is 4.80. The van der Waals surface area contributed by atoms with E-state index < -0.39 is 12.6 Å². The van der Waals surface area contributed by atoms with E-state index in [0.29, 0.717) is 11.3 Å². The molecule has 0 aliphatic carbocycles. The number of carboxylic acid groups (broad SMARTS) is 1. The zero-order valence-electron chi connectivity index (χ0n) is 13.0. The molecule has 122 valence electrons. The largest absolute Gasteiger partial charge is 0.482 e. The van der Waals surface area contributed by atoms with Crippen molar-refractivity contribution in [1.29, 1.82) is 0 Å². The molecule has 2 aliphatic rings. The molecule has 2 aromatic carbocycles. The number of benzene rings is 2. The lowest BCUT2D eigenvalue weighted by Crippen LogP contribution is -2.27. The number of rotatable bonds is 4. The highest BCUT2D eigenvalue weighted by atomic mass is 16.5. The Kier molecular flexibility index (Phi) is 3.49. The fourth-order valence-corrected chi connectivity index (χ4v) is 3.81. The molecule has 0 spiro atoms. The number of nitrogens with zero attached hydrogens (tertiary/aromatic N) is 1. The molecular formula is C19H17NO4. The number of hydrogen-bond donors (Lipinski definition) is 1. The Morgan fingerprint density at radius 2 is 1.58 bits per heavy atom. The maximum absolute atomic E-state index is 12.9. The first-order valence-electron chi connectivity index (χ1n) is 8.01. The molecule has 2 bridgehead atoms. The van der Waals surface area contributed by atoms with E-state index in [1.807, 2.05) is 17.0 Å². The molecule has 0 aromatic heterocycles. The summed E-state index contributed by atoms with van der Waals surface area (Å²) >= 11 is 0. The van der Waals surface area contributed by atoms with Crippen LogP contribution in [-0.4, -0.2) is 28.5 Å². The van der Waals surface area contributed by atoms with E-state index in [9.17, 15) is 9.59 Å². The van der Waals surface area contributed by atoms with Crippen molar-refractivity contribution >= 4 is 11.9 Å². The maximum atomic E-state index is 12.9. The molecule has 4 rings (SSSR count). The molecule has 2 unspecified atom stereocenters. The zero-order chi connectivity index (χ0) is 16.7. The van der Waals surface area contributed by atoms with Crippen LogP contribution in [0.15, 0.2) is 48.5 Å². The third-order valence-corrected chi connectivity index (χ3v) is 4.80. The van der Waals surface area contributed by atoms with E-state index in [4.69, 9.17) is 9.84 Å². The standard InChI is InChI=1S/C19H17NO4/c21-18(22)11-24-13-7-5-12(6-8-13)19(23)20-16-9-10-17(20)15-4-2-1-3-14(15)16/h1-8,16-17H,9-11H2,(H,21,22). The summed E-state index contributed by atoms with van der Waals surface area (Å²) in [6.07, 6.45) is 2.01. The van der Waals surface area contributed by atoms with Crippen molar-refractivity contribution in [3.05, 3.63) is 65.2 Å². The van der Waals surface area contributed by atoms with Gasteiger partial charge in [0, 0.05) is 5.56 Å². The van der Waals surface area contributed by atoms with Gasteiger partial charge in [-0.2, -0.15) is 0 Å². The van der Waals surface area contributed by atoms with Crippen molar-refractivity contribution in [1.82, 2.24) is 4.90 Å². The average molecular weight is 323 g/mol. The number of amides is 1. The predicted octanol–water partition coefficient (Wildman–Crippen LogP) is 3.18. The van der Waals surface area contributed by atoms with Crippen molar-refractivity contribution in [2.24, 2.45) is 0 Å². The SMILES string of the molecule is O=C(O)COc1ccc(C(=O)N2C3CCC2c2ccccc23)cc1. The Balaban J connectivity index is 1.54. The van der Waals surface area contributed by atoms with Crippen LogP contribution in [0.5, 0.6) is 5.75 Å². The zero-order valence-corrected chi connectivity index (χ0v) is 13.0. The van der Waals surface area contributed by atoms with E-state index in [1.54, 1.807) is 24.3 Å². The van der Waals surface area contributed by atoms with Gasteiger partial charge in [0.05, 0.1) is 12.1 Å². The minimum absolute atomic E-state index is 0.0171. The number of fused-ring (bicyclic) bond motifs is 5. The second kappa shape index (κ2) is 5.67. The van der Waals surface area contributed by atoms with Gasteiger partial charge in [-0.25, -0.2) is 4.79 Å². The lowest BCUT2D eigenvalue weighted by atomic mass is 9.92. The van der Waals surface area contributed by atoms with E-state index in [2.05, 4.69) is 12.1 Å². The van der Waals surface area contributed by atoms with Crippen LogP contribution in [0.4, 0.5) is 0 Å². The molecule has 2 aromatic rings. The first-order chi connectivity index (χ1) is 11.6. The topological polar surface area (TPSA) is 66.8 Å². The smallest absolute Gasteiger partial charge is 0.341 e. The molecule has 0 radical (unpaired) electrons. The van der Waals surface area contributed by atoms with Crippen molar-refractivity contribution in [2.75, 3.05) is 6.61 Å². The molecule has 2 aliphatic heterocycles. The van der Waals surface area contributed by atoms with Crippen LogP contribution in [-0.2, 0) is 4.79 Å². The number of carboxylic acids is 1. The van der Waals surface area contributed by atoms with Crippen molar-refractivity contribution in [3.63, 3.8) is 0 Å². The van der Waals surface area contributed by atoms with Gasteiger partial charge >= 0.3 is 5.97 Å². The van der Waals surface area contributed by atoms with Gasteiger partial charge in [0.2, 0.25) is 0 Å². The van der Waals surface area contributed by atoms with Gasteiger partial charge in [0.15, 0.2) is 6.61 Å². The van der Waals surface area contributed by atoms with Crippen molar-refractivity contribution < 1.29 is 19.4 Å². The Hall–Kier alpha value is -2.82. The maximum Gasteiger partial charge on any atom is 0.341 e. The van der Waals surface area contributed by atoms with Crippen molar-refractivity contribution in [3.8, 4) is 5.75 Å². The molecule has 24 heavy (non-hydrogen) atoms. The van der Waals surface area contributed by atoms with E-state index in [-0.39, 0.29) is 18.0 Å². The van der Waals surface area contributed by atoms with Crippen LogP contribution in [0.2, 0.25) is 0 Å². The van der Waals surface area contributed by atoms with Crippen LogP contribution < -0.4 is 4.74 Å². The Labute approximate surface area is 139 Å². The summed E-state index contributed by atoms with van der Waals surface area (Å²) in [6, 6.07) is 15.3. The van der Waals surface area contributed by atoms with Crippen molar-refractivity contribution in [2.45, 2.75) is 24.9 Å². The highest BCUT2D eigenvalue weighted by molar-refractivity contribution is 5.95. The van der Waals surface area contributed by atoms with Gasteiger partial charge in [-0.3, -0.25) is 4.79 Å². The number of carbonyl (C=O) groups is 2. The highest BCUT2D eigenvalue weighted by Gasteiger charge is 2.46. The highest BCUT2D eigenvalue weighted by Crippen LogP contribution is 2.53. The lowest BCUT2D eigenvalue weighted by molar-refractivity contribution is -0.139. The van der Waals surface area contributed by atoms with Crippen LogP contribution in [0.3, 0.4) is 0 Å². The summed E-state index contributed by atoms with van der Waals surface area (Å²) in [5, 5.41) is 8.63. The second-order valence-electron chi connectivity index (χ2n) is 6.16. The minimum atomic E-state index is -1.03. The van der Waals surface area contributed by atoms with Gasteiger partial charge < -0.3 is 14.7 Å². The van der Waals surface area contributed by atoms with Gasteiger partial charge in [0.1, 0.15) is 5.75 Å². The van der Waals surface area contributed by atoms with Gasteiger partial charge in [-0.1, -0.05) is 24.3 Å². The van der Waals surface area contributed by atoms with Crippen LogP contribution in [0.1, 0.15) is 46.4 Å². The molecule has 5 heteroatoms. The Morgan fingerprint density at radius 1 is 1.00 bits per heavy atom. The average Bonchev–Trinajstić information content (AvgIpc) is 3.17. The van der Waals surface area contributed by atoms with Crippen LogP contribution in [0, 0.1) is 0 Å². The fraction of sp³-hybridized carbons (Fsp3) is 0.263. The lowest BCUT2D eigenvalue weighted by Gasteiger charge is -2.22. The molecular weight excluding hydrogens is 306 g/mol. The Morgan fingerprint density at radius 3 is 2.12 bits per heavy atom. The molecule has 1 N–H and O–H groups in total. The minimum Gasteiger partial charge on any atom is -0.482 e. The molecule has 1 amide bonds. The number of hydrogen-bond acceptors (Lipinski definition) is 3. The first kappa shape index (κ1) is 14.8. The molecule has 1 fully saturated rings. The van der Waals surface area contributed by atoms with E-state index in [0.717, 1.165) is 12.8 Å². The van der Waals surface area contributed by atoms with Crippen LogP contribution >= 0.6 is 0 Å². The summed E-state index contributed by atoms with van der Waals surface area (Å²) in [4.78, 5) is 25.5. The monoisotopic (exact) mass is 323 g/mol. The molecule has 5 nitrogen and oxygen atoms in total. The first-order valence-corrected chi connectivity index (χ1v) is 8.01. The second-order valence-corrected chi connectivity index (χ2v) is 6.16. The Bertz CT molecular complexity index is 768. The summed E-state index contributed by atoms with van der Waals surface area (Å²) in [5.74, 6) is -0.563. The normalized spacial score (nSPS) is 20.8. The quantitative estimate of drug-likeness (QED) is 0.938. The molecule has 0 saturated carbocycles. The van der Waals surface area contributed by atoms with Gasteiger partial charge in [-0.15, -0.1) is 0 Å². The molecule has 2 heterocycles. The number of ether oxygens (including phenoxy) is 1. The molecule has 1 saturated heterocycles. The van der Waals surface area contributed by atoms with Gasteiger partial charge in [-0.05, 0) is 48.2 Å². The van der Waals surface area contributed by atoms with E-state index >= 15 is 0 Å². The third kappa shape index (κ3) is 2.33. The summed E-state index contributed by atoms with van der Waals surface area (Å²) < 4.78 is 5.11. The fourth-order valence-electron chi connectivity index (χ4n) is 3.81. The summed E-state index contributed by atoms with van der Waals surface area (Å²) in [7, 11) is 0.